The van der Waals surface area contributed by atoms with Gasteiger partial charge in [-0.05, 0) is 42.1 Å². The first kappa shape index (κ1) is 13.4. The van der Waals surface area contributed by atoms with E-state index in [1.807, 2.05) is 47.2 Å². The van der Waals surface area contributed by atoms with Crippen molar-refractivity contribution in [1.29, 1.82) is 5.26 Å². The molecule has 0 fully saturated rings. The maximum absolute atomic E-state index is 10.5. The number of aryl methyl sites for hydroxylation is 1. The van der Waals surface area contributed by atoms with Gasteiger partial charge in [-0.1, -0.05) is 30.3 Å². The Morgan fingerprint density at radius 3 is 2.65 bits per heavy atom. The quantitative estimate of drug-likeness (QED) is 0.555. The minimum atomic E-state index is 0.225. The number of nitriles is 1. The van der Waals surface area contributed by atoms with Gasteiger partial charge in [-0.25, -0.2) is 0 Å². The van der Waals surface area contributed by atoms with E-state index in [-0.39, 0.29) is 5.75 Å². The Labute approximate surface area is 133 Å². The predicted molar refractivity (Wildman–Crippen MR) is 91.9 cm³/mol. The lowest BCUT2D eigenvalue weighted by atomic mass is 10.0. The fourth-order valence-corrected chi connectivity index (χ4v) is 3.16. The summed E-state index contributed by atoms with van der Waals surface area (Å²) in [7, 11) is 0. The van der Waals surface area contributed by atoms with Gasteiger partial charge in [0.1, 0.15) is 5.75 Å². The molecule has 1 N–H and O–H groups in total. The number of fused-ring (bicyclic) bond motifs is 2. The third-order valence-electron chi connectivity index (χ3n) is 4.25. The van der Waals surface area contributed by atoms with E-state index >= 15 is 0 Å². The van der Waals surface area contributed by atoms with Crippen molar-refractivity contribution < 1.29 is 5.11 Å². The lowest BCUT2D eigenvalue weighted by Gasteiger charge is -2.12. The molecule has 0 atom stereocenters. The Balaban J connectivity index is 2.12. The highest BCUT2D eigenvalue weighted by atomic mass is 16.3. The van der Waals surface area contributed by atoms with Crippen molar-refractivity contribution in [2.75, 3.05) is 0 Å². The van der Waals surface area contributed by atoms with Crippen LogP contribution in [0.2, 0.25) is 0 Å². The van der Waals surface area contributed by atoms with E-state index < -0.39 is 0 Å². The predicted octanol–water partition coefficient (Wildman–Crippen LogP) is 4.67. The number of hydrogen-bond acceptors (Lipinski definition) is 2. The summed E-state index contributed by atoms with van der Waals surface area (Å²) in [5.41, 5.74) is 3.57. The number of phenolic OH excluding ortho intramolecular Hbond substituents is 1. The van der Waals surface area contributed by atoms with Crippen LogP contribution < -0.4 is 0 Å². The van der Waals surface area contributed by atoms with Crippen LogP contribution in [-0.4, -0.2) is 9.67 Å². The maximum Gasteiger partial charge on any atom is 0.140 e. The molecule has 3 heteroatoms. The fourth-order valence-electron chi connectivity index (χ4n) is 3.16. The van der Waals surface area contributed by atoms with Crippen molar-refractivity contribution in [2.24, 2.45) is 0 Å². The minimum Gasteiger partial charge on any atom is -0.506 e. The molecule has 0 aliphatic rings. The molecule has 3 aromatic carbocycles. The van der Waals surface area contributed by atoms with Gasteiger partial charge < -0.3 is 9.67 Å². The van der Waals surface area contributed by atoms with E-state index in [9.17, 15) is 5.11 Å². The van der Waals surface area contributed by atoms with E-state index in [4.69, 9.17) is 5.26 Å². The highest BCUT2D eigenvalue weighted by Crippen LogP contribution is 2.35. The van der Waals surface area contributed by atoms with Crippen molar-refractivity contribution >= 4 is 21.7 Å². The summed E-state index contributed by atoms with van der Waals surface area (Å²) in [6, 6.07) is 19.3. The Bertz CT molecular complexity index is 1100. The number of hydrogen-bond donors (Lipinski definition) is 1. The van der Waals surface area contributed by atoms with Crippen LogP contribution in [0.3, 0.4) is 0 Å². The van der Waals surface area contributed by atoms with Gasteiger partial charge in [-0.2, -0.15) is 5.26 Å². The number of aromatic hydroxyl groups is 1. The van der Waals surface area contributed by atoms with Crippen LogP contribution >= 0.6 is 0 Å². The van der Waals surface area contributed by atoms with Gasteiger partial charge >= 0.3 is 0 Å². The summed E-state index contributed by atoms with van der Waals surface area (Å²) >= 11 is 0. The number of para-hydroxylation sites is 1. The van der Waals surface area contributed by atoms with Gasteiger partial charge in [0, 0.05) is 17.0 Å². The monoisotopic (exact) mass is 298 g/mol. The number of benzene rings is 3. The van der Waals surface area contributed by atoms with Crippen LogP contribution in [0.5, 0.6) is 5.75 Å². The highest BCUT2D eigenvalue weighted by molar-refractivity contribution is 5.96. The van der Waals surface area contributed by atoms with E-state index in [1.54, 1.807) is 12.1 Å². The third-order valence-corrected chi connectivity index (χ3v) is 4.25. The molecule has 0 saturated carbocycles. The zero-order valence-electron chi connectivity index (χ0n) is 12.6. The molecule has 0 aliphatic carbocycles. The van der Waals surface area contributed by atoms with Crippen LogP contribution in [0.4, 0.5) is 0 Å². The average molecular weight is 298 g/mol. The van der Waals surface area contributed by atoms with Gasteiger partial charge in [0.05, 0.1) is 22.8 Å². The zero-order valence-corrected chi connectivity index (χ0v) is 12.6. The normalized spacial score (nSPS) is 11.0. The second kappa shape index (κ2) is 4.89. The molecule has 0 radical (unpaired) electrons. The topological polar surface area (TPSA) is 49.0 Å². The molecule has 1 aromatic heterocycles. The minimum absolute atomic E-state index is 0.225. The first-order valence-electron chi connectivity index (χ1n) is 7.42. The largest absolute Gasteiger partial charge is 0.506 e. The SMILES string of the molecule is Cc1cn(-c2c(O)ccc3cc(C#N)ccc23)c2ccccc12. The molecule has 4 rings (SSSR count). The van der Waals surface area contributed by atoms with Crippen molar-refractivity contribution in [3.8, 4) is 17.5 Å². The molecule has 23 heavy (non-hydrogen) atoms. The molecule has 1 heterocycles. The fraction of sp³-hybridized carbons (Fsp3) is 0.0500. The number of rotatable bonds is 1. The Kier molecular flexibility index (Phi) is 2.85. The van der Waals surface area contributed by atoms with Crippen molar-refractivity contribution in [3.63, 3.8) is 0 Å². The van der Waals surface area contributed by atoms with E-state index in [1.165, 1.54) is 0 Å². The third kappa shape index (κ3) is 1.96. The smallest absolute Gasteiger partial charge is 0.140 e. The first-order valence-corrected chi connectivity index (χ1v) is 7.42. The Morgan fingerprint density at radius 2 is 1.83 bits per heavy atom. The van der Waals surface area contributed by atoms with Gasteiger partial charge in [0.15, 0.2) is 0 Å². The van der Waals surface area contributed by atoms with E-state index in [0.29, 0.717) is 5.56 Å². The molecule has 0 spiro atoms. The first-order chi connectivity index (χ1) is 11.2. The molecule has 110 valence electrons. The van der Waals surface area contributed by atoms with Crippen LogP contribution in [0, 0.1) is 18.3 Å². The van der Waals surface area contributed by atoms with Crippen LogP contribution in [0.25, 0.3) is 27.4 Å². The standard InChI is InChI=1S/C20H14N2O/c1-13-12-22(18-5-3-2-4-16(13)18)20-17-8-6-14(11-21)10-15(17)7-9-19(20)23/h2-10,12,23H,1H3. The van der Waals surface area contributed by atoms with Gasteiger partial charge in [-0.15, -0.1) is 0 Å². The molecular weight excluding hydrogens is 284 g/mol. The summed E-state index contributed by atoms with van der Waals surface area (Å²) < 4.78 is 2.02. The van der Waals surface area contributed by atoms with Crippen molar-refractivity contribution in [1.82, 2.24) is 4.57 Å². The summed E-state index contributed by atoms with van der Waals surface area (Å²) in [5, 5.41) is 22.6. The Hall–Kier alpha value is -3.25. The van der Waals surface area contributed by atoms with E-state index in [0.717, 1.165) is 32.9 Å². The van der Waals surface area contributed by atoms with Crippen LogP contribution in [0.1, 0.15) is 11.1 Å². The molecule has 0 unspecified atom stereocenters. The summed E-state index contributed by atoms with van der Waals surface area (Å²) in [6.07, 6.45) is 2.04. The Morgan fingerprint density at radius 1 is 1.00 bits per heavy atom. The lowest BCUT2D eigenvalue weighted by molar-refractivity contribution is 0.473. The zero-order chi connectivity index (χ0) is 16.0. The second-order valence-corrected chi connectivity index (χ2v) is 5.68. The number of phenols is 1. The van der Waals surface area contributed by atoms with Crippen molar-refractivity contribution in [3.05, 3.63) is 71.9 Å². The summed E-state index contributed by atoms with van der Waals surface area (Å²) in [4.78, 5) is 0. The average Bonchev–Trinajstić information content (AvgIpc) is 2.91. The highest BCUT2D eigenvalue weighted by Gasteiger charge is 2.13. The van der Waals surface area contributed by atoms with Crippen LogP contribution in [-0.2, 0) is 0 Å². The summed E-state index contributed by atoms with van der Waals surface area (Å²) in [5.74, 6) is 0.225. The maximum atomic E-state index is 10.5. The molecule has 0 saturated heterocycles. The van der Waals surface area contributed by atoms with Crippen molar-refractivity contribution in [2.45, 2.75) is 6.92 Å². The molecule has 4 aromatic rings. The lowest BCUT2D eigenvalue weighted by Crippen LogP contribution is -1.94. The van der Waals surface area contributed by atoms with E-state index in [2.05, 4.69) is 19.1 Å². The molecule has 0 aliphatic heterocycles. The molecular formula is C20H14N2O. The van der Waals surface area contributed by atoms with Gasteiger partial charge in [0.25, 0.3) is 0 Å². The van der Waals surface area contributed by atoms with Gasteiger partial charge in [-0.3, -0.25) is 0 Å². The molecule has 3 nitrogen and oxygen atoms in total. The molecule has 0 bridgehead atoms. The summed E-state index contributed by atoms with van der Waals surface area (Å²) in [6.45, 7) is 2.06. The number of nitrogens with zero attached hydrogens (tertiary/aromatic N) is 2. The second-order valence-electron chi connectivity index (χ2n) is 5.68. The van der Waals surface area contributed by atoms with Crippen LogP contribution in [0.15, 0.2) is 60.8 Å². The molecule has 0 amide bonds. The number of aromatic nitrogens is 1. The van der Waals surface area contributed by atoms with Gasteiger partial charge in [0.2, 0.25) is 0 Å².